The summed E-state index contributed by atoms with van der Waals surface area (Å²) in [6.45, 7) is 7.74. The van der Waals surface area contributed by atoms with E-state index in [4.69, 9.17) is 25.8 Å². The van der Waals surface area contributed by atoms with Crippen molar-refractivity contribution in [1.29, 1.82) is 0 Å². The van der Waals surface area contributed by atoms with Gasteiger partial charge >= 0.3 is 0 Å². The van der Waals surface area contributed by atoms with Gasteiger partial charge in [-0.2, -0.15) is 0 Å². The van der Waals surface area contributed by atoms with Crippen molar-refractivity contribution in [2.75, 3.05) is 39.5 Å². The Morgan fingerprint density at radius 1 is 1.28 bits per heavy atom. The Balaban J connectivity index is 1.79. The van der Waals surface area contributed by atoms with Crippen LogP contribution in [0.2, 0.25) is 5.02 Å². The van der Waals surface area contributed by atoms with Crippen LogP contribution in [0.5, 0.6) is 11.5 Å². The number of carbonyl (C=O) groups is 3. The van der Waals surface area contributed by atoms with Gasteiger partial charge in [0.2, 0.25) is 5.91 Å². The summed E-state index contributed by atoms with van der Waals surface area (Å²) in [5, 5.41) is -0.125. The van der Waals surface area contributed by atoms with Crippen molar-refractivity contribution >= 4 is 46.5 Å². The van der Waals surface area contributed by atoms with E-state index in [1.165, 1.54) is 0 Å². The first-order valence-electron chi connectivity index (χ1n) is 10.6. The van der Waals surface area contributed by atoms with Gasteiger partial charge < -0.3 is 19.1 Å². The number of ether oxygens (including phenoxy) is 3. The van der Waals surface area contributed by atoms with Crippen LogP contribution in [-0.4, -0.2) is 72.4 Å². The Labute approximate surface area is 196 Å². The number of morpholine rings is 1. The molecule has 2 fully saturated rings. The van der Waals surface area contributed by atoms with Crippen LogP contribution in [0.3, 0.4) is 0 Å². The Bertz CT molecular complexity index is 916. The van der Waals surface area contributed by atoms with Crippen molar-refractivity contribution in [3.63, 3.8) is 0 Å². The van der Waals surface area contributed by atoms with E-state index in [0.717, 1.165) is 23.1 Å². The zero-order chi connectivity index (χ0) is 23.3. The fourth-order valence-corrected chi connectivity index (χ4v) is 4.27. The van der Waals surface area contributed by atoms with Crippen LogP contribution >= 0.6 is 23.4 Å². The maximum Gasteiger partial charge on any atom is 0.294 e. The third-order valence-corrected chi connectivity index (χ3v) is 6.24. The molecule has 2 saturated heterocycles. The lowest BCUT2D eigenvalue weighted by atomic mass is 10.1. The monoisotopic (exact) mass is 482 g/mol. The van der Waals surface area contributed by atoms with Crippen molar-refractivity contribution in [2.24, 2.45) is 0 Å². The Hall–Kier alpha value is -2.23. The molecule has 10 heteroatoms. The minimum absolute atomic E-state index is 0.0435. The molecule has 8 nitrogen and oxygen atoms in total. The molecule has 1 atom stereocenters. The van der Waals surface area contributed by atoms with Crippen molar-refractivity contribution in [2.45, 2.75) is 33.3 Å². The maximum atomic E-state index is 12.8. The normalized spacial score (nSPS) is 18.9. The summed E-state index contributed by atoms with van der Waals surface area (Å²) in [5.74, 6) is 0.137. The van der Waals surface area contributed by atoms with Gasteiger partial charge in [0.05, 0.1) is 35.9 Å². The molecule has 32 heavy (non-hydrogen) atoms. The SMILES string of the molecule is CCOc1cc(/C=C2/SC(=O)N(CC(=O)N3CCOCC3)C2=O)cc(Cl)c1O[C@@H](C)CC. The number of halogens is 1. The van der Waals surface area contributed by atoms with Crippen LogP contribution < -0.4 is 9.47 Å². The minimum Gasteiger partial charge on any atom is -0.490 e. The van der Waals surface area contributed by atoms with E-state index in [-0.39, 0.29) is 23.5 Å². The highest BCUT2D eigenvalue weighted by atomic mass is 35.5. The number of benzene rings is 1. The maximum absolute atomic E-state index is 12.8. The Kier molecular flexibility index (Phi) is 8.44. The fraction of sp³-hybridized carbons (Fsp3) is 0.500. The molecule has 2 heterocycles. The van der Waals surface area contributed by atoms with E-state index >= 15 is 0 Å². The number of amides is 3. The summed E-state index contributed by atoms with van der Waals surface area (Å²) in [6.07, 6.45) is 2.34. The Morgan fingerprint density at radius 3 is 2.66 bits per heavy atom. The van der Waals surface area contributed by atoms with E-state index in [2.05, 4.69) is 0 Å². The highest BCUT2D eigenvalue weighted by molar-refractivity contribution is 8.18. The second kappa shape index (κ2) is 11.1. The molecule has 0 spiro atoms. The van der Waals surface area contributed by atoms with Crippen molar-refractivity contribution in [3.8, 4) is 11.5 Å². The molecule has 2 aliphatic heterocycles. The second-order valence-electron chi connectivity index (χ2n) is 7.36. The molecule has 0 radical (unpaired) electrons. The van der Waals surface area contributed by atoms with Gasteiger partial charge in [-0.1, -0.05) is 18.5 Å². The van der Waals surface area contributed by atoms with Crippen molar-refractivity contribution < 1.29 is 28.6 Å². The van der Waals surface area contributed by atoms with Gasteiger partial charge in [-0.15, -0.1) is 0 Å². The third-order valence-electron chi connectivity index (χ3n) is 5.05. The first-order chi connectivity index (χ1) is 15.3. The molecule has 3 rings (SSSR count). The molecular formula is C22H27ClN2O6S. The molecule has 0 aliphatic carbocycles. The summed E-state index contributed by atoms with van der Waals surface area (Å²) >= 11 is 7.24. The van der Waals surface area contributed by atoms with Gasteiger partial charge in [0, 0.05) is 13.1 Å². The van der Waals surface area contributed by atoms with Gasteiger partial charge in [-0.25, -0.2) is 0 Å². The highest BCUT2D eigenvalue weighted by Crippen LogP contribution is 2.39. The van der Waals surface area contributed by atoms with Crippen LogP contribution in [0.25, 0.3) is 6.08 Å². The van der Waals surface area contributed by atoms with Crippen LogP contribution in [0.15, 0.2) is 17.0 Å². The topological polar surface area (TPSA) is 85.4 Å². The molecule has 3 amide bonds. The fourth-order valence-electron chi connectivity index (χ4n) is 3.17. The largest absolute Gasteiger partial charge is 0.490 e. The number of rotatable bonds is 8. The number of thioether (sulfide) groups is 1. The molecule has 0 bridgehead atoms. The summed E-state index contributed by atoms with van der Waals surface area (Å²) in [4.78, 5) is 40.5. The molecule has 2 aliphatic rings. The lowest BCUT2D eigenvalue weighted by Crippen LogP contribution is -2.46. The average molecular weight is 483 g/mol. The average Bonchev–Trinajstić information content (AvgIpc) is 3.04. The summed E-state index contributed by atoms with van der Waals surface area (Å²) in [6, 6.07) is 3.38. The standard InChI is InChI=1S/C22H27ClN2O6S/c1-4-14(3)31-20-16(23)10-15(11-17(20)30-5-2)12-18-21(27)25(22(28)32-18)13-19(26)24-6-8-29-9-7-24/h10-12,14H,4-9,13H2,1-3H3/b18-12+/t14-/m0/s1. The zero-order valence-electron chi connectivity index (χ0n) is 18.4. The molecule has 1 aromatic rings. The molecule has 0 aromatic heterocycles. The smallest absolute Gasteiger partial charge is 0.294 e. The number of carbonyl (C=O) groups excluding carboxylic acids is 3. The van der Waals surface area contributed by atoms with Crippen molar-refractivity contribution in [1.82, 2.24) is 9.80 Å². The van der Waals surface area contributed by atoms with Crippen LogP contribution in [0.1, 0.15) is 32.8 Å². The number of hydrogen-bond donors (Lipinski definition) is 0. The summed E-state index contributed by atoms with van der Waals surface area (Å²) in [5.41, 5.74) is 0.597. The van der Waals surface area contributed by atoms with Crippen LogP contribution in [0.4, 0.5) is 4.79 Å². The van der Waals surface area contributed by atoms with Gasteiger partial charge in [0.1, 0.15) is 6.54 Å². The summed E-state index contributed by atoms with van der Waals surface area (Å²) in [7, 11) is 0. The molecule has 0 saturated carbocycles. The second-order valence-corrected chi connectivity index (χ2v) is 8.76. The van der Waals surface area contributed by atoms with Crippen LogP contribution in [0, 0.1) is 0 Å². The van der Waals surface area contributed by atoms with Gasteiger partial charge in [0.25, 0.3) is 11.1 Å². The lowest BCUT2D eigenvalue weighted by molar-refractivity contribution is -0.139. The molecule has 174 valence electrons. The van der Waals surface area contributed by atoms with E-state index in [1.54, 1.807) is 23.1 Å². The van der Waals surface area contributed by atoms with E-state index in [9.17, 15) is 14.4 Å². The first-order valence-corrected chi connectivity index (χ1v) is 11.8. The molecule has 0 N–H and O–H groups in total. The summed E-state index contributed by atoms with van der Waals surface area (Å²) < 4.78 is 16.8. The van der Waals surface area contributed by atoms with Gasteiger partial charge in [-0.05, 0) is 55.8 Å². The van der Waals surface area contributed by atoms with Crippen molar-refractivity contribution in [3.05, 3.63) is 27.6 Å². The Morgan fingerprint density at radius 2 is 2.00 bits per heavy atom. The lowest BCUT2D eigenvalue weighted by Gasteiger charge is -2.28. The first kappa shape index (κ1) is 24.4. The molecule has 1 aromatic carbocycles. The third kappa shape index (κ3) is 5.76. The molecule has 0 unspecified atom stereocenters. The quantitative estimate of drug-likeness (QED) is 0.521. The van der Waals surface area contributed by atoms with Crippen LogP contribution in [-0.2, 0) is 14.3 Å². The predicted octanol–water partition coefficient (Wildman–Crippen LogP) is 3.81. The highest BCUT2D eigenvalue weighted by Gasteiger charge is 2.37. The van der Waals surface area contributed by atoms with Gasteiger partial charge in [-0.3, -0.25) is 19.3 Å². The number of nitrogens with zero attached hydrogens (tertiary/aromatic N) is 2. The van der Waals surface area contributed by atoms with Gasteiger partial charge in [0.15, 0.2) is 11.5 Å². The predicted molar refractivity (Wildman–Crippen MR) is 123 cm³/mol. The zero-order valence-corrected chi connectivity index (χ0v) is 20.0. The minimum atomic E-state index is -0.504. The van der Waals surface area contributed by atoms with E-state index in [0.29, 0.717) is 55.0 Å². The number of hydrogen-bond acceptors (Lipinski definition) is 7. The number of imide groups is 1. The molecular weight excluding hydrogens is 456 g/mol. The van der Waals surface area contributed by atoms with E-state index < -0.39 is 11.1 Å². The van der Waals surface area contributed by atoms with E-state index in [1.807, 2.05) is 20.8 Å².